The van der Waals surface area contributed by atoms with E-state index in [1.165, 1.54) is 19.4 Å². The van der Waals surface area contributed by atoms with Crippen molar-refractivity contribution in [1.82, 2.24) is 0 Å². The largest absolute Gasteiger partial charge is 0.505 e. The van der Waals surface area contributed by atoms with Crippen LogP contribution in [-0.4, -0.2) is 7.11 Å². The van der Waals surface area contributed by atoms with E-state index in [2.05, 4.69) is 4.74 Å². The molecule has 1 nitrogen and oxygen atoms in total. The highest BCUT2D eigenvalue weighted by Crippen LogP contribution is 2.25. The van der Waals surface area contributed by atoms with Gasteiger partial charge in [-0.2, -0.15) is 0 Å². The third kappa shape index (κ3) is 2.08. The fraction of sp³-hybridized carbons (Fsp3) is 0.750. The van der Waals surface area contributed by atoms with Crippen molar-refractivity contribution in [2.45, 2.75) is 25.6 Å². The molecule has 0 N–H and O–H groups in total. The highest BCUT2D eigenvalue weighted by molar-refractivity contribution is 4.85. The van der Waals surface area contributed by atoms with Crippen LogP contribution in [0.1, 0.15) is 32.4 Å². The summed E-state index contributed by atoms with van der Waals surface area (Å²) in [4.78, 5) is 0. The molecule has 0 atom stereocenters. The maximum absolute atomic E-state index is 7.87. The topological polar surface area (TPSA) is 9.23 Å². The van der Waals surface area contributed by atoms with E-state index < -0.39 is 18.6 Å². The summed E-state index contributed by atoms with van der Waals surface area (Å²) < 4.78 is 42.9. The van der Waals surface area contributed by atoms with E-state index in [1.807, 2.05) is 0 Å². The fourth-order valence-corrected chi connectivity index (χ4v) is 0.711. The number of hydrogen-bond donors (Lipinski definition) is 0. The van der Waals surface area contributed by atoms with Crippen LogP contribution in [0.4, 0.5) is 0 Å². The van der Waals surface area contributed by atoms with Gasteiger partial charge in [0.1, 0.15) is 0 Å². The van der Waals surface area contributed by atoms with E-state index >= 15 is 0 Å². The average molecular weight is 131 g/mol. The minimum atomic E-state index is -1.85. The summed E-state index contributed by atoms with van der Waals surface area (Å²) in [5.41, 5.74) is 0. The lowest BCUT2D eigenvalue weighted by molar-refractivity contribution is 0.333. The number of ether oxygens (including phenoxy) is 1. The highest BCUT2D eigenvalue weighted by atomic mass is 16.5. The van der Waals surface area contributed by atoms with E-state index in [4.69, 9.17) is 6.85 Å². The Hall–Kier alpha value is -0.460. The molecule has 52 valence electrons. The first kappa shape index (κ1) is 2.65. The van der Waals surface area contributed by atoms with E-state index in [9.17, 15) is 0 Å². The lowest BCUT2D eigenvalue weighted by atomic mass is 10.1. The lowest BCUT2D eigenvalue weighted by Gasteiger charge is -1.97. The normalized spacial score (nSPS) is 44.3. The van der Waals surface area contributed by atoms with Crippen LogP contribution in [0.3, 0.4) is 0 Å². The summed E-state index contributed by atoms with van der Waals surface area (Å²) in [6, 6.07) is 0. The molecule has 0 unspecified atom stereocenters. The van der Waals surface area contributed by atoms with Crippen LogP contribution in [0.25, 0.3) is 0 Å². The van der Waals surface area contributed by atoms with Crippen LogP contribution in [-0.2, 0) is 4.74 Å². The third-order valence-corrected chi connectivity index (χ3v) is 1.13. The number of methoxy groups -OCH3 is 1. The second-order valence-corrected chi connectivity index (χ2v) is 1.81. The van der Waals surface area contributed by atoms with E-state index in [1.54, 1.807) is 0 Å². The zero-order valence-electron chi connectivity index (χ0n) is 10.5. The highest BCUT2D eigenvalue weighted by Gasteiger charge is 2.10. The molecule has 0 bridgehead atoms. The fourth-order valence-electron chi connectivity index (χ4n) is 0.711. The maximum atomic E-state index is 7.87. The van der Waals surface area contributed by atoms with Gasteiger partial charge in [0.25, 0.3) is 0 Å². The van der Waals surface area contributed by atoms with Crippen LogP contribution < -0.4 is 0 Å². The molecule has 9 heavy (non-hydrogen) atoms. The Labute approximate surface area is 63.7 Å². The first-order valence-electron chi connectivity index (χ1n) is 5.47. The molecule has 1 aliphatic rings. The molecule has 1 heteroatoms. The predicted octanol–water partition coefficient (Wildman–Crippen LogP) is 2.34. The second-order valence-electron chi connectivity index (χ2n) is 1.81. The van der Waals surface area contributed by atoms with Crippen molar-refractivity contribution in [1.29, 1.82) is 0 Å². The van der Waals surface area contributed by atoms with Crippen molar-refractivity contribution in [3.8, 4) is 0 Å². The molecule has 1 fully saturated rings. The quantitative estimate of drug-likeness (QED) is 0.523. The lowest BCUT2D eigenvalue weighted by Crippen LogP contribution is -1.85. The van der Waals surface area contributed by atoms with Crippen molar-refractivity contribution in [2.24, 2.45) is 5.89 Å². The molecule has 0 aromatic rings. The molecular formula is C8H14O. The number of allylic oxidation sites excluding steroid dienone is 1. The molecule has 1 rings (SSSR count). The summed E-state index contributed by atoms with van der Waals surface area (Å²) in [5, 5.41) is 0. The van der Waals surface area contributed by atoms with Gasteiger partial charge in [-0.3, -0.25) is 0 Å². The van der Waals surface area contributed by atoms with Crippen LogP contribution in [0, 0.1) is 5.89 Å². The Morgan fingerprint density at radius 3 is 2.89 bits per heavy atom. The van der Waals surface area contributed by atoms with Gasteiger partial charge in [0.05, 0.1) is 13.4 Å². The molecule has 0 amide bonds. The van der Waals surface area contributed by atoms with Crippen LogP contribution in [0.2, 0.25) is 0 Å². The third-order valence-electron chi connectivity index (χ3n) is 1.13. The SMILES string of the molecule is [2H]C1([2H])CCC([2H])([2H])C1([2H])/C=C/OC. The summed E-state index contributed by atoms with van der Waals surface area (Å²) in [6.07, 6.45) is -1.21. The monoisotopic (exact) mass is 131 g/mol. The zero-order valence-corrected chi connectivity index (χ0v) is 5.48. The van der Waals surface area contributed by atoms with Crippen molar-refractivity contribution in [3.63, 3.8) is 0 Å². The van der Waals surface area contributed by atoms with Gasteiger partial charge in [-0.1, -0.05) is 12.8 Å². The van der Waals surface area contributed by atoms with Crippen LogP contribution >= 0.6 is 0 Å². The molecule has 0 aromatic carbocycles. The van der Waals surface area contributed by atoms with Gasteiger partial charge in [-0.25, -0.2) is 0 Å². The summed E-state index contributed by atoms with van der Waals surface area (Å²) in [6.45, 7) is 0. The van der Waals surface area contributed by atoms with Gasteiger partial charge in [0, 0.05) is 6.85 Å². The molecule has 1 aliphatic carbocycles. The van der Waals surface area contributed by atoms with Crippen molar-refractivity contribution in [3.05, 3.63) is 12.3 Å². The first-order valence-corrected chi connectivity index (χ1v) is 2.97. The molecule has 0 aliphatic heterocycles. The Balaban J connectivity index is 3.06. The Bertz CT molecular complexity index is 232. The predicted molar refractivity (Wildman–Crippen MR) is 38.1 cm³/mol. The first-order chi connectivity index (χ1) is 6.27. The minimum absolute atomic E-state index is 0.0670. The number of hydrogen-bond acceptors (Lipinski definition) is 1. The Kier molecular flexibility index (Phi) is 1.04. The molecule has 0 spiro atoms. The molecule has 0 radical (unpaired) electrons. The molecule has 0 aromatic heterocycles. The summed E-state index contributed by atoms with van der Waals surface area (Å²) in [7, 11) is 1.39. The zero-order chi connectivity index (χ0) is 11.0. The van der Waals surface area contributed by atoms with E-state index in [0.717, 1.165) is 0 Å². The van der Waals surface area contributed by atoms with Gasteiger partial charge in [0.2, 0.25) is 0 Å². The molecule has 1 saturated carbocycles. The van der Waals surface area contributed by atoms with Gasteiger partial charge < -0.3 is 4.74 Å². The summed E-state index contributed by atoms with van der Waals surface area (Å²) >= 11 is 0. The van der Waals surface area contributed by atoms with Gasteiger partial charge in [-0.15, -0.1) is 0 Å². The van der Waals surface area contributed by atoms with Crippen molar-refractivity contribution < 1.29 is 11.6 Å². The van der Waals surface area contributed by atoms with Crippen LogP contribution in [0.15, 0.2) is 12.3 Å². The van der Waals surface area contributed by atoms with Gasteiger partial charge >= 0.3 is 0 Å². The average Bonchev–Trinajstić information content (AvgIpc) is 2.24. The Morgan fingerprint density at radius 1 is 1.67 bits per heavy atom. The van der Waals surface area contributed by atoms with E-state index in [0.29, 0.717) is 0 Å². The smallest absolute Gasteiger partial charge is 0.0787 e. The molecule has 0 heterocycles. The van der Waals surface area contributed by atoms with Gasteiger partial charge in [0.15, 0.2) is 0 Å². The second kappa shape index (κ2) is 3.54. The van der Waals surface area contributed by atoms with Crippen molar-refractivity contribution >= 4 is 0 Å². The minimum Gasteiger partial charge on any atom is -0.505 e. The molecule has 0 saturated heterocycles. The van der Waals surface area contributed by atoms with Crippen molar-refractivity contribution in [2.75, 3.05) is 7.11 Å². The standard InChI is InChI=1S/C8H14O/c1-9-7-6-8-4-2-3-5-8/h6-8H,2-5H2,1H3/b7-6+/i4D2,5D2,8D. The maximum Gasteiger partial charge on any atom is 0.0787 e. The Morgan fingerprint density at radius 2 is 2.33 bits per heavy atom. The van der Waals surface area contributed by atoms with Gasteiger partial charge in [-0.05, 0) is 24.7 Å². The molecular weight excluding hydrogens is 112 g/mol. The number of rotatable bonds is 2. The summed E-state index contributed by atoms with van der Waals surface area (Å²) in [5.74, 6) is -1.85. The van der Waals surface area contributed by atoms with E-state index in [-0.39, 0.29) is 12.8 Å². The van der Waals surface area contributed by atoms with Crippen LogP contribution in [0.5, 0.6) is 0 Å².